The van der Waals surface area contributed by atoms with Crippen molar-refractivity contribution in [3.8, 4) is 0 Å². The Morgan fingerprint density at radius 3 is 2.47 bits per heavy atom. The Hall–Kier alpha value is -1.51. The summed E-state index contributed by atoms with van der Waals surface area (Å²) in [4.78, 5) is 12.0. The van der Waals surface area contributed by atoms with E-state index < -0.39 is 6.09 Å². The van der Waals surface area contributed by atoms with E-state index in [4.69, 9.17) is 5.11 Å². The smallest absolute Gasteiger partial charge is 0.411 e. The molecule has 0 aliphatic carbocycles. The zero-order valence-corrected chi connectivity index (χ0v) is 9.61. The molecule has 1 aromatic carbocycles. The molecule has 1 amide bonds. The minimum absolute atomic E-state index is 0.409. The van der Waals surface area contributed by atoms with E-state index >= 15 is 0 Å². The third-order valence-corrected chi connectivity index (χ3v) is 2.56. The maximum absolute atomic E-state index is 10.8. The number of anilines is 1. The molecule has 82 valence electrons. The summed E-state index contributed by atoms with van der Waals surface area (Å²) < 4.78 is 0. The summed E-state index contributed by atoms with van der Waals surface area (Å²) in [6, 6.07) is 5.73. The Balaban J connectivity index is 3.13. The van der Waals surface area contributed by atoms with Crippen LogP contribution in [0.2, 0.25) is 0 Å². The van der Waals surface area contributed by atoms with Gasteiger partial charge in [0.2, 0.25) is 0 Å². The van der Waals surface area contributed by atoms with Crippen LogP contribution in [-0.4, -0.2) is 18.2 Å². The van der Waals surface area contributed by atoms with E-state index in [0.29, 0.717) is 5.92 Å². The molecule has 0 aliphatic heterocycles. The average Bonchev–Trinajstić information content (AvgIpc) is 2.16. The van der Waals surface area contributed by atoms with Crippen LogP contribution in [0, 0.1) is 6.92 Å². The second-order valence-corrected chi connectivity index (χ2v) is 4.04. The van der Waals surface area contributed by atoms with Crippen molar-refractivity contribution < 1.29 is 9.90 Å². The van der Waals surface area contributed by atoms with Gasteiger partial charge < -0.3 is 5.11 Å². The van der Waals surface area contributed by atoms with Crippen LogP contribution in [0.3, 0.4) is 0 Å². The van der Waals surface area contributed by atoms with Crippen molar-refractivity contribution in [2.45, 2.75) is 26.7 Å². The third-order valence-electron chi connectivity index (χ3n) is 2.56. The molecular formula is C12H17NO2. The van der Waals surface area contributed by atoms with Crippen LogP contribution >= 0.6 is 0 Å². The molecule has 0 bridgehead atoms. The van der Waals surface area contributed by atoms with Gasteiger partial charge in [-0.3, -0.25) is 4.90 Å². The van der Waals surface area contributed by atoms with Gasteiger partial charge in [-0.2, -0.15) is 0 Å². The normalized spacial score (nSPS) is 10.5. The van der Waals surface area contributed by atoms with Gasteiger partial charge in [0.15, 0.2) is 0 Å². The van der Waals surface area contributed by atoms with Crippen LogP contribution in [-0.2, 0) is 0 Å². The SMILES string of the molecule is Cc1ccc(N(C)C(=O)O)cc1C(C)C. The fourth-order valence-corrected chi connectivity index (χ4v) is 1.57. The summed E-state index contributed by atoms with van der Waals surface area (Å²) >= 11 is 0. The van der Waals surface area contributed by atoms with Gasteiger partial charge in [0.25, 0.3) is 0 Å². The highest BCUT2D eigenvalue weighted by molar-refractivity contribution is 5.85. The lowest BCUT2D eigenvalue weighted by molar-refractivity contribution is 0.203. The van der Waals surface area contributed by atoms with Crippen LogP contribution in [0.4, 0.5) is 10.5 Å². The largest absolute Gasteiger partial charge is 0.465 e. The van der Waals surface area contributed by atoms with Gasteiger partial charge in [0.1, 0.15) is 0 Å². The van der Waals surface area contributed by atoms with Crippen LogP contribution in [0.15, 0.2) is 18.2 Å². The Kier molecular flexibility index (Phi) is 3.35. The van der Waals surface area contributed by atoms with Crippen molar-refractivity contribution in [2.24, 2.45) is 0 Å². The van der Waals surface area contributed by atoms with E-state index in [1.54, 1.807) is 7.05 Å². The number of benzene rings is 1. The zero-order valence-electron chi connectivity index (χ0n) is 9.61. The van der Waals surface area contributed by atoms with Gasteiger partial charge in [-0.25, -0.2) is 4.79 Å². The third kappa shape index (κ3) is 2.49. The molecule has 0 fully saturated rings. The predicted octanol–water partition coefficient (Wildman–Crippen LogP) is 3.23. The number of aryl methyl sites for hydroxylation is 1. The quantitative estimate of drug-likeness (QED) is 0.808. The summed E-state index contributed by atoms with van der Waals surface area (Å²) in [5.41, 5.74) is 3.12. The maximum atomic E-state index is 10.8. The lowest BCUT2D eigenvalue weighted by Gasteiger charge is -2.17. The summed E-state index contributed by atoms with van der Waals surface area (Å²) in [7, 11) is 1.55. The Bertz CT molecular complexity index is 372. The molecule has 0 saturated heterocycles. The van der Waals surface area contributed by atoms with Gasteiger partial charge in [0, 0.05) is 12.7 Å². The predicted molar refractivity (Wildman–Crippen MR) is 61.7 cm³/mol. The lowest BCUT2D eigenvalue weighted by Crippen LogP contribution is -2.23. The highest BCUT2D eigenvalue weighted by Gasteiger charge is 2.11. The molecular weight excluding hydrogens is 190 g/mol. The number of rotatable bonds is 2. The Morgan fingerprint density at radius 1 is 1.40 bits per heavy atom. The van der Waals surface area contributed by atoms with Crippen molar-refractivity contribution in [1.82, 2.24) is 0 Å². The van der Waals surface area contributed by atoms with Gasteiger partial charge in [-0.15, -0.1) is 0 Å². The molecule has 15 heavy (non-hydrogen) atoms. The zero-order chi connectivity index (χ0) is 11.6. The molecule has 0 aliphatic rings. The minimum atomic E-state index is -0.937. The van der Waals surface area contributed by atoms with E-state index in [0.717, 1.165) is 5.69 Å². The standard InChI is InChI=1S/C12H17NO2/c1-8(2)11-7-10(6-5-9(11)3)13(4)12(14)15/h5-8H,1-4H3,(H,14,15). The van der Waals surface area contributed by atoms with E-state index in [1.807, 2.05) is 25.1 Å². The van der Waals surface area contributed by atoms with Gasteiger partial charge in [0.05, 0.1) is 0 Å². The molecule has 0 heterocycles. The van der Waals surface area contributed by atoms with Gasteiger partial charge in [-0.1, -0.05) is 19.9 Å². The van der Waals surface area contributed by atoms with Crippen molar-refractivity contribution in [3.63, 3.8) is 0 Å². The molecule has 0 spiro atoms. The molecule has 0 aromatic heterocycles. The first-order valence-electron chi connectivity index (χ1n) is 5.00. The molecule has 0 unspecified atom stereocenters. The monoisotopic (exact) mass is 207 g/mol. The number of carboxylic acid groups (broad SMARTS) is 1. The number of hydrogen-bond donors (Lipinski definition) is 1. The summed E-state index contributed by atoms with van der Waals surface area (Å²) in [6.45, 7) is 6.25. The van der Waals surface area contributed by atoms with E-state index in [-0.39, 0.29) is 0 Å². The fraction of sp³-hybridized carbons (Fsp3) is 0.417. The number of carbonyl (C=O) groups is 1. The number of hydrogen-bond acceptors (Lipinski definition) is 1. The second kappa shape index (κ2) is 4.34. The molecule has 1 aromatic rings. The molecule has 3 nitrogen and oxygen atoms in total. The summed E-state index contributed by atoms with van der Waals surface area (Å²) in [5.74, 6) is 0.409. The van der Waals surface area contributed by atoms with Gasteiger partial charge >= 0.3 is 6.09 Å². The molecule has 0 atom stereocenters. The van der Waals surface area contributed by atoms with E-state index in [1.165, 1.54) is 16.0 Å². The number of nitrogens with zero attached hydrogens (tertiary/aromatic N) is 1. The Morgan fingerprint density at radius 2 is 2.00 bits per heavy atom. The summed E-state index contributed by atoms with van der Waals surface area (Å²) in [6.07, 6.45) is -0.937. The second-order valence-electron chi connectivity index (χ2n) is 4.04. The first-order chi connectivity index (χ1) is 6.93. The van der Waals surface area contributed by atoms with Crippen LogP contribution in [0.5, 0.6) is 0 Å². The molecule has 1 N–H and O–H groups in total. The first kappa shape index (κ1) is 11.6. The molecule has 1 rings (SSSR count). The average molecular weight is 207 g/mol. The Labute approximate surface area is 90.3 Å². The molecule has 0 radical (unpaired) electrons. The van der Waals surface area contributed by atoms with Crippen molar-refractivity contribution in [3.05, 3.63) is 29.3 Å². The van der Waals surface area contributed by atoms with Crippen LogP contribution < -0.4 is 4.90 Å². The van der Waals surface area contributed by atoms with Crippen LogP contribution in [0.25, 0.3) is 0 Å². The lowest BCUT2D eigenvalue weighted by atomic mass is 9.97. The molecule has 0 saturated carbocycles. The fourth-order valence-electron chi connectivity index (χ4n) is 1.57. The molecule has 3 heteroatoms. The number of amides is 1. The van der Waals surface area contributed by atoms with Gasteiger partial charge in [-0.05, 0) is 36.1 Å². The van der Waals surface area contributed by atoms with Crippen LogP contribution in [0.1, 0.15) is 30.9 Å². The highest BCUT2D eigenvalue weighted by atomic mass is 16.4. The van der Waals surface area contributed by atoms with Crippen molar-refractivity contribution in [1.29, 1.82) is 0 Å². The maximum Gasteiger partial charge on any atom is 0.411 e. The first-order valence-corrected chi connectivity index (χ1v) is 5.00. The topological polar surface area (TPSA) is 40.5 Å². The summed E-state index contributed by atoms with van der Waals surface area (Å²) in [5, 5.41) is 8.86. The van der Waals surface area contributed by atoms with Crippen molar-refractivity contribution in [2.75, 3.05) is 11.9 Å². The minimum Gasteiger partial charge on any atom is -0.465 e. The van der Waals surface area contributed by atoms with E-state index in [9.17, 15) is 4.79 Å². The van der Waals surface area contributed by atoms with E-state index in [2.05, 4.69) is 13.8 Å². The van der Waals surface area contributed by atoms with Crippen molar-refractivity contribution >= 4 is 11.8 Å². The highest BCUT2D eigenvalue weighted by Crippen LogP contribution is 2.24.